The van der Waals surface area contributed by atoms with Gasteiger partial charge in [-0.05, 0) is 36.8 Å². The molecule has 0 bridgehead atoms. The lowest BCUT2D eigenvalue weighted by molar-refractivity contribution is -0.133. The number of esters is 1. The van der Waals surface area contributed by atoms with Crippen molar-refractivity contribution in [1.29, 1.82) is 0 Å². The second-order valence-corrected chi connectivity index (χ2v) is 6.18. The number of pyridine rings is 1. The molecule has 0 atom stereocenters. The molecule has 0 aliphatic carbocycles. The quantitative estimate of drug-likeness (QED) is 0.664. The zero-order valence-corrected chi connectivity index (χ0v) is 16.1. The molecule has 0 aliphatic rings. The molecular formula is C20H25N3O4. The van der Waals surface area contributed by atoms with Gasteiger partial charge in [-0.25, -0.2) is 9.78 Å². The molecule has 144 valence electrons. The highest BCUT2D eigenvalue weighted by atomic mass is 16.5. The molecule has 27 heavy (non-hydrogen) atoms. The third-order valence-electron chi connectivity index (χ3n) is 3.90. The van der Waals surface area contributed by atoms with Crippen molar-refractivity contribution in [1.82, 2.24) is 9.88 Å². The molecule has 0 saturated heterocycles. The third kappa shape index (κ3) is 5.70. The average molecular weight is 371 g/mol. The Kier molecular flexibility index (Phi) is 7.16. The van der Waals surface area contributed by atoms with Gasteiger partial charge in [0, 0.05) is 39.6 Å². The van der Waals surface area contributed by atoms with Crippen LogP contribution in [0.2, 0.25) is 0 Å². The van der Waals surface area contributed by atoms with Crippen LogP contribution in [0.5, 0.6) is 5.88 Å². The summed E-state index contributed by atoms with van der Waals surface area (Å²) >= 11 is 0. The van der Waals surface area contributed by atoms with E-state index in [1.807, 2.05) is 43.3 Å². The average Bonchev–Trinajstić information content (AvgIpc) is 2.67. The first kappa shape index (κ1) is 20.2. The highest BCUT2D eigenvalue weighted by molar-refractivity contribution is 5.93. The van der Waals surface area contributed by atoms with Crippen molar-refractivity contribution in [3.8, 4) is 5.88 Å². The number of carbonyl (C=O) groups excluding carboxylic acids is 2. The van der Waals surface area contributed by atoms with E-state index in [9.17, 15) is 9.59 Å². The van der Waals surface area contributed by atoms with Gasteiger partial charge in [0.2, 0.25) is 5.88 Å². The van der Waals surface area contributed by atoms with Gasteiger partial charge in [-0.2, -0.15) is 0 Å². The Morgan fingerprint density at radius 2 is 1.78 bits per heavy atom. The number of likely N-dealkylation sites (N-methyl/N-ethyl adjacent to an activating group) is 1. The number of anilines is 1. The van der Waals surface area contributed by atoms with Crippen molar-refractivity contribution in [2.24, 2.45) is 0 Å². The minimum Gasteiger partial charge on any atom is -0.477 e. The van der Waals surface area contributed by atoms with Crippen molar-refractivity contribution >= 4 is 17.6 Å². The van der Waals surface area contributed by atoms with Gasteiger partial charge in [-0.1, -0.05) is 12.1 Å². The summed E-state index contributed by atoms with van der Waals surface area (Å²) in [6.07, 6.45) is 1.53. The van der Waals surface area contributed by atoms with Crippen LogP contribution in [0.15, 0.2) is 42.6 Å². The maximum absolute atomic E-state index is 12.3. The molecule has 2 rings (SSSR count). The molecule has 0 N–H and O–H groups in total. The summed E-state index contributed by atoms with van der Waals surface area (Å²) in [5, 5.41) is 0. The Balaban J connectivity index is 1.90. The van der Waals surface area contributed by atoms with Crippen LogP contribution in [0, 0.1) is 0 Å². The molecule has 0 unspecified atom stereocenters. The summed E-state index contributed by atoms with van der Waals surface area (Å²) in [5.41, 5.74) is 2.28. The van der Waals surface area contributed by atoms with E-state index < -0.39 is 5.97 Å². The summed E-state index contributed by atoms with van der Waals surface area (Å²) in [7, 11) is 5.61. The van der Waals surface area contributed by atoms with Crippen LogP contribution in [-0.4, -0.2) is 56.1 Å². The molecule has 7 heteroatoms. The van der Waals surface area contributed by atoms with Crippen LogP contribution < -0.4 is 9.64 Å². The molecule has 0 saturated carbocycles. The summed E-state index contributed by atoms with van der Waals surface area (Å²) in [6.45, 7) is 2.27. The fourth-order valence-electron chi connectivity index (χ4n) is 2.37. The van der Waals surface area contributed by atoms with Crippen molar-refractivity contribution in [2.45, 2.75) is 13.5 Å². The maximum Gasteiger partial charge on any atom is 0.344 e. The predicted molar refractivity (Wildman–Crippen MR) is 103 cm³/mol. The molecule has 0 aliphatic heterocycles. The number of aromatic nitrogens is 1. The second-order valence-electron chi connectivity index (χ2n) is 6.18. The van der Waals surface area contributed by atoms with Gasteiger partial charge < -0.3 is 19.3 Å². The number of hydrogen-bond acceptors (Lipinski definition) is 6. The first-order chi connectivity index (χ1) is 12.9. The normalized spacial score (nSPS) is 10.2. The first-order valence-electron chi connectivity index (χ1n) is 8.67. The maximum atomic E-state index is 12.3. The lowest BCUT2D eigenvalue weighted by Crippen LogP contribution is -2.31. The number of benzene rings is 1. The summed E-state index contributed by atoms with van der Waals surface area (Å²) in [4.78, 5) is 32.0. The predicted octanol–water partition coefficient (Wildman–Crippen LogP) is 2.36. The van der Waals surface area contributed by atoms with Gasteiger partial charge in [-0.15, -0.1) is 0 Å². The van der Waals surface area contributed by atoms with E-state index in [0.29, 0.717) is 13.2 Å². The Bertz CT molecular complexity index is 775. The summed E-state index contributed by atoms with van der Waals surface area (Å²) in [5.74, 6) is -0.725. The number of amides is 1. The second kappa shape index (κ2) is 9.56. The Morgan fingerprint density at radius 1 is 1.07 bits per heavy atom. The molecule has 1 aromatic carbocycles. The van der Waals surface area contributed by atoms with E-state index in [4.69, 9.17) is 9.47 Å². The van der Waals surface area contributed by atoms with E-state index in [1.54, 1.807) is 26.1 Å². The van der Waals surface area contributed by atoms with Crippen LogP contribution >= 0.6 is 0 Å². The minimum absolute atomic E-state index is 0.201. The fraction of sp³-hybridized carbons (Fsp3) is 0.350. The Hall–Kier alpha value is -3.09. The monoisotopic (exact) mass is 371 g/mol. The SMILES string of the molecule is CCOc1ncccc1C(=O)OCC(=O)N(C)Cc1ccc(N(C)C)cc1. The highest BCUT2D eigenvalue weighted by Crippen LogP contribution is 2.16. The van der Waals surface area contributed by atoms with Crippen molar-refractivity contribution in [3.63, 3.8) is 0 Å². The lowest BCUT2D eigenvalue weighted by atomic mass is 10.2. The number of hydrogen-bond donors (Lipinski definition) is 0. The first-order valence-corrected chi connectivity index (χ1v) is 8.67. The molecular weight excluding hydrogens is 346 g/mol. The van der Waals surface area contributed by atoms with Crippen LogP contribution in [0.3, 0.4) is 0 Å². The summed E-state index contributed by atoms with van der Waals surface area (Å²) in [6, 6.07) is 11.1. The zero-order valence-electron chi connectivity index (χ0n) is 16.1. The lowest BCUT2D eigenvalue weighted by Gasteiger charge is -2.18. The van der Waals surface area contributed by atoms with Gasteiger partial charge >= 0.3 is 5.97 Å². The van der Waals surface area contributed by atoms with Gasteiger partial charge in [0.1, 0.15) is 5.56 Å². The third-order valence-corrected chi connectivity index (χ3v) is 3.90. The number of nitrogens with zero attached hydrogens (tertiary/aromatic N) is 3. The standard InChI is InChI=1S/C20H25N3O4/c1-5-26-19-17(7-6-12-21-19)20(25)27-14-18(24)23(4)13-15-8-10-16(11-9-15)22(2)3/h6-12H,5,13-14H2,1-4H3. The zero-order chi connectivity index (χ0) is 19.8. The van der Waals surface area contributed by atoms with Crippen molar-refractivity contribution in [3.05, 3.63) is 53.7 Å². The molecule has 1 heterocycles. The van der Waals surface area contributed by atoms with E-state index in [-0.39, 0.29) is 24.0 Å². The fourth-order valence-corrected chi connectivity index (χ4v) is 2.37. The number of rotatable bonds is 8. The Labute approximate surface area is 159 Å². The van der Waals surface area contributed by atoms with Gasteiger partial charge in [-0.3, -0.25) is 4.79 Å². The van der Waals surface area contributed by atoms with Crippen LogP contribution in [0.4, 0.5) is 5.69 Å². The molecule has 7 nitrogen and oxygen atoms in total. The van der Waals surface area contributed by atoms with Gasteiger partial charge in [0.05, 0.1) is 6.61 Å². The van der Waals surface area contributed by atoms with E-state index >= 15 is 0 Å². The molecule has 0 spiro atoms. The number of ether oxygens (including phenoxy) is 2. The Morgan fingerprint density at radius 3 is 2.41 bits per heavy atom. The van der Waals surface area contributed by atoms with Crippen molar-refractivity contribution < 1.29 is 19.1 Å². The van der Waals surface area contributed by atoms with E-state index in [1.165, 1.54) is 11.1 Å². The topological polar surface area (TPSA) is 72.0 Å². The van der Waals surface area contributed by atoms with E-state index in [2.05, 4.69) is 4.98 Å². The van der Waals surface area contributed by atoms with Crippen LogP contribution in [-0.2, 0) is 16.1 Å². The smallest absolute Gasteiger partial charge is 0.344 e. The van der Waals surface area contributed by atoms with Crippen LogP contribution in [0.1, 0.15) is 22.8 Å². The molecule has 1 aromatic heterocycles. The molecule has 0 fully saturated rings. The van der Waals surface area contributed by atoms with Crippen molar-refractivity contribution in [2.75, 3.05) is 39.3 Å². The summed E-state index contributed by atoms with van der Waals surface area (Å²) < 4.78 is 10.4. The minimum atomic E-state index is -0.636. The number of carbonyl (C=O) groups is 2. The van der Waals surface area contributed by atoms with Gasteiger partial charge in [0.15, 0.2) is 6.61 Å². The van der Waals surface area contributed by atoms with Crippen LogP contribution in [0.25, 0.3) is 0 Å². The largest absolute Gasteiger partial charge is 0.477 e. The van der Waals surface area contributed by atoms with Gasteiger partial charge in [0.25, 0.3) is 5.91 Å². The highest BCUT2D eigenvalue weighted by Gasteiger charge is 2.18. The van der Waals surface area contributed by atoms with E-state index in [0.717, 1.165) is 11.3 Å². The molecule has 2 aromatic rings. The molecule has 1 amide bonds. The molecule has 0 radical (unpaired) electrons.